The van der Waals surface area contributed by atoms with Gasteiger partial charge in [0.2, 0.25) is 5.91 Å². The summed E-state index contributed by atoms with van der Waals surface area (Å²) in [5.41, 5.74) is 1.10. The Kier molecular flexibility index (Phi) is 7.14. The number of hydrogen-bond acceptors (Lipinski definition) is 4. The van der Waals surface area contributed by atoms with E-state index in [2.05, 4.69) is 27.1 Å². The Morgan fingerprint density at radius 3 is 3.05 bits per heavy atom. The highest BCUT2D eigenvalue weighted by molar-refractivity contribution is 5.81. The third kappa shape index (κ3) is 5.40. The Bertz CT molecular complexity index is 378. The van der Waals surface area contributed by atoms with E-state index in [1.54, 1.807) is 7.11 Å². The Hall–Kier alpha value is -1.40. The number of nitrogens with one attached hydrogen (secondary N) is 2. The van der Waals surface area contributed by atoms with E-state index in [-0.39, 0.29) is 11.9 Å². The van der Waals surface area contributed by atoms with Gasteiger partial charge in [-0.15, -0.1) is 0 Å². The first kappa shape index (κ1) is 15.7. The fraction of sp³-hybridized carbons (Fsp3) is 0.692. The highest BCUT2D eigenvalue weighted by Gasteiger charge is 2.12. The van der Waals surface area contributed by atoms with Crippen molar-refractivity contribution in [2.45, 2.75) is 39.4 Å². The average molecular weight is 268 g/mol. The molecule has 0 saturated heterocycles. The van der Waals surface area contributed by atoms with Crippen molar-refractivity contribution in [1.82, 2.24) is 20.2 Å². The molecule has 6 heteroatoms. The molecule has 19 heavy (non-hydrogen) atoms. The van der Waals surface area contributed by atoms with E-state index in [0.717, 1.165) is 18.7 Å². The third-order valence-corrected chi connectivity index (χ3v) is 2.85. The van der Waals surface area contributed by atoms with Crippen LogP contribution in [0.3, 0.4) is 0 Å². The van der Waals surface area contributed by atoms with E-state index < -0.39 is 0 Å². The Labute approximate surface area is 114 Å². The normalized spacial score (nSPS) is 12.4. The predicted octanol–water partition coefficient (Wildman–Crippen LogP) is 0.534. The lowest BCUT2D eigenvalue weighted by Crippen LogP contribution is -2.43. The zero-order chi connectivity index (χ0) is 14.1. The molecule has 0 aliphatic rings. The molecule has 0 aliphatic heterocycles. The van der Waals surface area contributed by atoms with Gasteiger partial charge < -0.3 is 19.9 Å². The monoisotopic (exact) mass is 268 g/mol. The molecule has 0 fully saturated rings. The van der Waals surface area contributed by atoms with Gasteiger partial charge in [0.25, 0.3) is 0 Å². The van der Waals surface area contributed by atoms with Gasteiger partial charge in [0, 0.05) is 32.9 Å². The largest absolute Gasteiger partial charge is 0.383 e. The second kappa shape index (κ2) is 8.66. The summed E-state index contributed by atoms with van der Waals surface area (Å²) in [6, 6.07) is -0.234. The molecule has 1 rings (SSSR count). The molecule has 1 unspecified atom stereocenters. The quantitative estimate of drug-likeness (QED) is 0.641. The number of amides is 1. The zero-order valence-corrected chi connectivity index (χ0v) is 12.0. The van der Waals surface area contributed by atoms with Crippen molar-refractivity contribution in [3.05, 3.63) is 18.2 Å². The zero-order valence-electron chi connectivity index (χ0n) is 12.0. The molecule has 2 N–H and O–H groups in total. The summed E-state index contributed by atoms with van der Waals surface area (Å²) in [5.74, 6) is -0.0152. The first-order valence-corrected chi connectivity index (χ1v) is 6.68. The minimum atomic E-state index is -0.234. The third-order valence-electron chi connectivity index (χ3n) is 2.85. The van der Waals surface area contributed by atoms with Gasteiger partial charge in [-0.25, -0.2) is 4.98 Å². The van der Waals surface area contributed by atoms with E-state index in [9.17, 15) is 4.79 Å². The summed E-state index contributed by atoms with van der Waals surface area (Å²) in [7, 11) is 1.61. The van der Waals surface area contributed by atoms with Crippen LogP contribution in [0.2, 0.25) is 0 Å². The average Bonchev–Trinajstić information content (AvgIpc) is 2.84. The van der Waals surface area contributed by atoms with Crippen molar-refractivity contribution in [3.8, 4) is 0 Å². The van der Waals surface area contributed by atoms with Gasteiger partial charge in [0.1, 0.15) is 0 Å². The van der Waals surface area contributed by atoms with Crippen LogP contribution in [0.4, 0.5) is 0 Å². The highest BCUT2D eigenvalue weighted by Crippen LogP contribution is 2.01. The molecule has 108 valence electrons. The van der Waals surface area contributed by atoms with E-state index in [1.807, 2.05) is 19.4 Å². The fourth-order valence-electron chi connectivity index (χ4n) is 1.72. The summed E-state index contributed by atoms with van der Waals surface area (Å²) in [6.07, 6.45) is 4.72. The number of hydrogen-bond donors (Lipinski definition) is 2. The highest BCUT2D eigenvalue weighted by atomic mass is 16.5. The SMILES string of the molecule is CCCn1cncc1CNC(C)C(=O)NCCOC. The van der Waals surface area contributed by atoms with Crippen LogP contribution in [0.15, 0.2) is 12.5 Å². The lowest BCUT2D eigenvalue weighted by molar-refractivity contribution is -0.123. The van der Waals surface area contributed by atoms with Crippen LogP contribution in [0, 0.1) is 0 Å². The van der Waals surface area contributed by atoms with Crippen molar-refractivity contribution in [2.24, 2.45) is 0 Å². The molecule has 0 saturated carbocycles. The van der Waals surface area contributed by atoms with Crippen LogP contribution < -0.4 is 10.6 Å². The van der Waals surface area contributed by atoms with E-state index in [1.165, 1.54) is 0 Å². The van der Waals surface area contributed by atoms with E-state index in [4.69, 9.17) is 4.74 Å². The molecule has 0 aromatic carbocycles. The smallest absolute Gasteiger partial charge is 0.236 e. The molecule has 1 aromatic rings. The second-order valence-electron chi connectivity index (χ2n) is 4.46. The molecule has 1 heterocycles. The van der Waals surface area contributed by atoms with Crippen LogP contribution >= 0.6 is 0 Å². The topological polar surface area (TPSA) is 68.2 Å². The van der Waals surface area contributed by atoms with Crippen LogP contribution in [0.5, 0.6) is 0 Å². The number of nitrogens with zero attached hydrogens (tertiary/aromatic N) is 2. The maximum Gasteiger partial charge on any atom is 0.236 e. The molecule has 1 amide bonds. The fourth-order valence-corrected chi connectivity index (χ4v) is 1.72. The Balaban J connectivity index is 2.34. The van der Waals surface area contributed by atoms with Gasteiger partial charge in [-0.1, -0.05) is 6.92 Å². The molecule has 0 spiro atoms. The lowest BCUT2D eigenvalue weighted by atomic mass is 10.3. The summed E-state index contributed by atoms with van der Waals surface area (Å²) < 4.78 is 6.99. The van der Waals surface area contributed by atoms with Gasteiger partial charge in [-0.2, -0.15) is 0 Å². The number of imidazole rings is 1. The van der Waals surface area contributed by atoms with Gasteiger partial charge in [-0.05, 0) is 13.3 Å². The second-order valence-corrected chi connectivity index (χ2v) is 4.46. The number of rotatable bonds is 9. The number of aryl methyl sites for hydroxylation is 1. The van der Waals surface area contributed by atoms with Crippen LogP contribution in [-0.2, 0) is 22.6 Å². The number of ether oxygens (including phenoxy) is 1. The van der Waals surface area contributed by atoms with Gasteiger partial charge in [-0.3, -0.25) is 4.79 Å². The molecular weight excluding hydrogens is 244 g/mol. The molecule has 0 bridgehead atoms. The number of carbonyl (C=O) groups is 1. The van der Waals surface area contributed by atoms with E-state index >= 15 is 0 Å². The van der Waals surface area contributed by atoms with Crippen LogP contribution in [-0.4, -0.2) is 41.8 Å². The van der Waals surface area contributed by atoms with Crippen molar-refractivity contribution in [2.75, 3.05) is 20.3 Å². The number of carbonyl (C=O) groups excluding carboxylic acids is 1. The number of methoxy groups -OCH3 is 1. The van der Waals surface area contributed by atoms with E-state index in [0.29, 0.717) is 19.7 Å². The Morgan fingerprint density at radius 2 is 2.37 bits per heavy atom. The van der Waals surface area contributed by atoms with Gasteiger partial charge in [0.15, 0.2) is 0 Å². The minimum Gasteiger partial charge on any atom is -0.383 e. The first-order chi connectivity index (χ1) is 9.19. The summed E-state index contributed by atoms with van der Waals surface area (Å²) >= 11 is 0. The molecule has 1 aromatic heterocycles. The lowest BCUT2D eigenvalue weighted by Gasteiger charge is -2.14. The maximum absolute atomic E-state index is 11.7. The molecule has 0 radical (unpaired) electrons. The van der Waals surface area contributed by atoms with Crippen molar-refractivity contribution >= 4 is 5.91 Å². The number of aromatic nitrogens is 2. The van der Waals surface area contributed by atoms with Crippen LogP contribution in [0.1, 0.15) is 26.0 Å². The minimum absolute atomic E-state index is 0.0152. The summed E-state index contributed by atoms with van der Waals surface area (Å²) in [5, 5.41) is 6.00. The molecule has 1 atom stereocenters. The molecule has 0 aliphatic carbocycles. The van der Waals surface area contributed by atoms with Crippen LogP contribution in [0.25, 0.3) is 0 Å². The van der Waals surface area contributed by atoms with Gasteiger partial charge >= 0.3 is 0 Å². The van der Waals surface area contributed by atoms with Crippen molar-refractivity contribution in [1.29, 1.82) is 0 Å². The predicted molar refractivity (Wildman–Crippen MR) is 73.7 cm³/mol. The van der Waals surface area contributed by atoms with Gasteiger partial charge in [0.05, 0.1) is 24.7 Å². The Morgan fingerprint density at radius 1 is 1.58 bits per heavy atom. The summed E-state index contributed by atoms with van der Waals surface area (Å²) in [6.45, 7) is 6.63. The summed E-state index contributed by atoms with van der Waals surface area (Å²) in [4.78, 5) is 15.9. The molecular formula is C13H24N4O2. The molecule has 6 nitrogen and oxygen atoms in total. The standard InChI is InChI=1S/C13H24N4O2/c1-4-6-17-10-14-8-12(17)9-16-11(2)13(18)15-5-7-19-3/h8,10-11,16H,4-7,9H2,1-3H3,(H,15,18). The van der Waals surface area contributed by atoms with Crippen molar-refractivity contribution < 1.29 is 9.53 Å². The van der Waals surface area contributed by atoms with Crippen molar-refractivity contribution in [3.63, 3.8) is 0 Å². The first-order valence-electron chi connectivity index (χ1n) is 6.68. The maximum atomic E-state index is 11.7.